The smallest absolute Gasteiger partial charge is 0.364 e. The van der Waals surface area contributed by atoms with E-state index in [0.717, 1.165) is 16.1 Å². The monoisotopic (exact) mass is 395 g/mol. The van der Waals surface area contributed by atoms with Crippen LogP contribution < -0.4 is 5.43 Å². The third kappa shape index (κ3) is 3.58. The Morgan fingerprint density at radius 1 is 1.27 bits per heavy atom. The number of amides is 1. The molecule has 2 rings (SSSR count). The number of amidine groups is 1. The number of halogens is 5. The van der Waals surface area contributed by atoms with Gasteiger partial charge in [0, 0.05) is 12.0 Å². The van der Waals surface area contributed by atoms with Crippen LogP contribution in [0, 0.1) is 13.8 Å². The number of hydrogen-bond acceptors (Lipinski definition) is 4. The summed E-state index contributed by atoms with van der Waals surface area (Å²) in [6, 6.07) is 5.28. The molecule has 0 aliphatic carbocycles. The van der Waals surface area contributed by atoms with E-state index in [1.807, 2.05) is 19.9 Å². The van der Waals surface area contributed by atoms with Crippen LogP contribution in [-0.4, -0.2) is 33.8 Å². The van der Waals surface area contributed by atoms with Gasteiger partial charge in [-0.15, -0.1) is 0 Å². The first kappa shape index (κ1) is 20.3. The summed E-state index contributed by atoms with van der Waals surface area (Å²) in [6.07, 6.45) is 0.216. The first-order valence-corrected chi connectivity index (χ1v) is 8.10. The maximum absolute atomic E-state index is 13.6. The molecule has 5 nitrogen and oxygen atoms in total. The number of nitrogens with one attached hydrogen (secondary N) is 1. The second kappa shape index (κ2) is 6.61. The van der Waals surface area contributed by atoms with Gasteiger partial charge in [-0.25, -0.2) is 5.01 Å². The van der Waals surface area contributed by atoms with Gasteiger partial charge >= 0.3 is 17.2 Å². The highest BCUT2D eigenvalue weighted by Gasteiger charge is 2.62. The molecule has 1 unspecified atom stereocenters. The Hall–Kier alpha value is -2.03. The molecule has 1 N–H and O–H groups in total. The van der Waals surface area contributed by atoms with Crippen LogP contribution in [0.2, 0.25) is 0 Å². The molecule has 1 aliphatic heterocycles. The number of aryl methyl sites for hydroxylation is 2. The van der Waals surface area contributed by atoms with Gasteiger partial charge < -0.3 is 4.84 Å². The number of nitrogens with zero attached hydrogens (tertiary/aromatic N) is 2. The summed E-state index contributed by atoms with van der Waals surface area (Å²) in [6.45, 7) is 6.77. The van der Waals surface area contributed by atoms with Crippen LogP contribution in [0.5, 0.6) is 0 Å². The average Bonchev–Trinajstić information content (AvgIpc) is 2.83. The van der Waals surface area contributed by atoms with Crippen molar-refractivity contribution in [2.45, 2.75) is 51.1 Å². The molecule has 0 radical (unpaired) electrons. The SMILES string of the molecule is CCC1(C)ON=C(c2cc(C)cc(C)c2)N1NC(=O)C(F)(F)C(F)(F)Cl. The third-order valence-electron chi connectivity index (χ3n) is 4.00. The zero-order chi connectivity index (χ0) is 19.9. The lowest BCUT2D eigenvalue weighted by Crippen LogP contribution is -2.61. The number of carbonyl (C=O) groups is 1. The largest absolute Gasteiger partial charge is 0.402 e. The maximum atomic E-state index is 13.6. The van der Waals surface area contributed by atoms with Crippen LogP contribution in [0.3, 0.4) is 0 Å². The lowest BCUT2D eigenvalue weighted by molar-refractivity contribution is -0.190. The Labute approximate surface area is 152 Å². The Bertz CT molecular complexity index is 731. The number of alkyl halides is 5. The summed E-state index contributed by atoms with van der Waals surface area (Å²) in [5.74, 6) is -7.37. The average molecular weight is 396 g/mol. The summed E-state index contributed by atoms with van der Waals surface area (Å²) in [7, 11) is 0. The van der Waals surface area contributed by atoms with Crippen molar-refractivity contribution in [3.05, 3.63) is 34.9 Å². The molecule has 0 fully saturated rings. The maximum Gasteiger partial charge on any atom is 0.402 e. The number of hydrazine groups is 1. The summed E-state index contributed by atoms with van der Waals surface area (Å²) in [5, 5.41) is -0.274. The Balaban J connectivity index is 2.41. The van der Waals surface area contributed by atoms with E-state index in [2.05, 4.69) is 16.8 Å². The highest BCUT2D eigenvalue weighted by molar-refractivity contribution is 6.24. The second-order valence-corrected chi connectivity index (χ2v) is 6.73. The van der Waals surface area contributed by atoms with E-state index >= 15 is 0 Å². The van der Waals surface area contributed by atoms with Crippen molar-refractivity contribution >= 4 is 23.3 Å². The summed E-state index contributed by atoms with van der Waals surface area (Å²) >= 11 is 4.38. The first-order valence-electron chi connectivity index (χ1n) is 7.72. The standard InChI is InChI=1S/C16H18ClF4N3O2/c1-5-14(4)24(22-13(25)15(18,19)16(17,20)21)12(23-26-14)11-7-9(2)6-10(3)8-11/h6-8H,5H2,1-4H3,(H,22,25). The second-order valence-electron chi connectivity index (χ2n) is 6.26. The van der Waals surface area contributed by atoms with Crippen molar-refractivity contribution in [2.75, 3.05) is 0 Å². The normalized spacial score (nSPS) is 20.7. The van der Waals surface area contributed by atoms with Gasteiger partial charge in [-0.2, -0.15) is 17.6 Å². The van der Waals surface area contributed by atoms with Gasteiger partial charge in [-0.3, -0.25) is 10.2 Å². The van der Waals surface area contributed by atoms with Crippen LogP contribution in [0.1, 0.15) is 37.0 Å². The Kier molecular flexibility index (Phi) is 5.15. The zero-order valence-corrected chi connectivity index (χ0v) is 15.3. The molecular formula is C16H18ClF4N3O2. The van der Waals surface area contributed by atoms with Gasteiger partial charge in [-0.05, 0) is 44.5 Å². The molecule has 0 saturated heterocycles. The quantitative estimate of drug-likeness (QED) is 0.607. The molecule has 1 heterocycles. The molecular weight excluding hydrogens is 378 g/mol. The number of hydrogen-bond donors (Lipinski definition) is 1. The molecule has 0 bridgehead atoms. The molecule has 0 saturated carbocycles. The molecule has 1 atom stereocenters. The van der Waals surface area contributed by atoms with E-state index in [1.54, 1.807) is 24.5 Å². The zero-order valence-electron chi connectivity index (χ0n) is 14.5. The summed E-state index contributed by atoms with van der Waals surface area (Å²) in [5.41, 5.74) is 2.64. The van der Waals surface area contributed by atoms with E-state index in [4.69, 9.17) is 4.84 Å². The van der Waals surface area contributed by atoms with Gasteiger partial charge in [0.05, 0.1) is 0 Å². The molecule has 0 aromatic heterocycles. The lowest BCUT2D eigenvalue weighted by Gasteiger charge is -2.34. The highest BCUT2D eigenvalue weighted by Crippen LogP contribution is 2.38. The van der Waals surface area contributed by atoms with E-state index in [0.29, 0.717) is 5.56 Å². The number of oxime groups is 1. The fourth-order valence-corrected chi connectivity index (χ4v) is 2.51. The number of carbonyl (C=O) groups excluding carboxylic acids is 1. The number of benzene rings is 1. The molecule has 1 aromatic carbocycles. The first-order chi connectivity index (χ1) is 11.8. The molecule has 0 spiro atoms. The van der Waals surface area contributed by atoms with Crippen LogP contribution >= 0.6 is 11.6 Å². The summed E-state index contributed by atoms with van der Waals surface area (Å²) in [4.78, 5) is 17.1. The van der Waals surface area contributed by atoms with Crippen LogP contribution in [0.25, 0.3) is 0 Å². The number of rotatable bonds is 5. The molecule has 26 heavy (non-hydrogen) atoms. The van der Waals surface area contributed by atoms with Gasteiger partial charge in [-0.1, -0.05) is 29.3 Å². The minimum atomic E-state index is -5.13. The lowest BCUT2D eigenvalue weighted by atomic mass is 10.1. The molecule has 10 heteroatoms. The van der Waals surface area contributed by atoms with E-state index in [-0.39, 0.29) is 12.3 Å². The highest BCUT2D eigenvalue weighted by atomic mass is 35.5. The minimum absolute atomic E-state index is 0.0168. The predicted octanol–water partition coefficient (Wildman–Crippen LogP) is 3.92. The van der Waals surface area contributed by atoms with Gasteiger partial charge in [0.25, 0.3) is 0 Å². The third-order valence-corrected chi connectivity index (χ3v) is 4.24. The molecule has 1 aliphatic rings. The van der Waals surface area contributed by atoms with Crippen molar-refractivity contribution in [3.8, 4) is 0 Å². The van der Waals surface area contributed by atoms with Gasteiger partial charge in [0.2, 0.25) is 5.72 Å². The molecule has 1 amide bonds. The fourth-order valence-electron chi connectivity index (χ4n) is 2.43. The van der Waals surface area contributed by atoms with Gasteiger partial charge in [0.1, 0.15) is 0 Å². The van der Waals surface area contributed by atoms with Crippen LogP contribution in [-0.2, 0) is 9.63 Å². The Morgan fingerprint density at radius 2 is 1.81 bits per heavy atom. The van der Waals surface area contributed by atoms with Crippen molar-refractivity contribution in [1.29, 1.82) is 0 Å². The van der Waals surface area contributed by atoms with Crippen molar-refractivity contribution in [1.82, 2.24) is 10.4 Å². The fraction of sp³-hybridized carbons (Fsp3) is 0.500. The Morgan fingerprint density at radius 3 is 2.27 bits per heavy atom. The van der Waals surface area contributed by atoms with E-state index in [9.17, 15) is 22.4 Å². The predicted molar refractivity (Wildman–Crippen MR) is 88.0 cm³/mol. The van der Waals surface area contributed by atoms with Crippen molar-refractivity contribution in [3.63, 3.8) is 0 Å². The van der Waals surface area contributed by atoms with Crippen molar-refractivity contribution in [2.24, 2.45) is 5.16 Å². The summed E-state index contributed by atoms with van der Waals surface area (Å²) < 4.78 is 53.0. The molecule has 144 valence electrons. The molecule has 1 aromatic rings. The van der Waals surface area contributed by atoms with Crippen molar-refractivity contribution < 1.29 is 27.2 Å². The minimum Gasteiger partial charge on any atom is -0.364 e. The van der Waals surface area contributed by atoms with Crippen LogP contribution in [0.15, 0.2) is 23.4 Å². The van der Waals surface area contributed by atoms with E-state index in [1.165, 1.54) is 6.92 Å². The van der Waals surface area contributed by atoms with E-state index < -0.39 is 22.9 Å². The van der Waals surface area contributed by atoms with Crippen LogP contribution in [0.4, 0.5) is 17.6 Å². The van der Waals surface area contributed by atoms with Gasteiger partial charge in [0.15, 0.2) is 5.84 Å². The topological polar surface area (TPSA) is 53.9 Å².